The summed E-state index contributed by atoms with van der Waals surface area (Å²) in [4.78, 5) is 27.3. The van der Waals surface area contributed by atoms with E-state index in [4.69, 9.17) is 11.5 Å². The van der Waals surface area contributed by atoms with Gasteiger partial charge in [0.1, 0.15) is 0 Å². The molecule has 6 heteroatoms. The third kappa shape index (κ3) is 3.54. The Bertz CT molecular complexity index is 496. The number of nitrogens with one attached hydrogen (secondary N) is 1. The maximum absolute atomic E-state index is 12.1. The zero-order chi connectivity index (χ0) is 14.5. The average Bonchev–Trinajstić information content (AvgIpc) is 2.47. The lowest BCUT2D eigenvalue weighted by molar-refractivity contribution is -0.122. The van der Waals surface area contributed by atoms with Crippen molar-refractivity contribution in [3.8, 4) is 0 Å². The molecular formula is C14H20N4O2. The van der Waals surface area contributed by atoms with Crippen molar-refractivity contribution in [1.82, 2.24) is 10.3 Å². The van der Waals surface area contributed by atoms with E-state index in [0.29, 0.717) is 17.8 Å². The number of hydrogen-bond donors (Lipinski definition) is 3. The van der Waals surface area contributed by atoms with Crippen LogP contribution in [0.5, 0.6) is 0 Å². The summed E-state index contributed by atoms with van der Waals surface area (Å²) < 4.78 is 0. The van der Waals surface area contributed by atoms with E-state index in [-0.39, 0.29) is 23.8 Å². The summed E-state index contributed by atoms with van der Waals surface area (Å²) in [7, 11) is 0. The summed E-state index contributed by atoms with van der Waals surface area (Å²) in [5.74, 6) is -0.408. The first kappa shape index (κ1) is 14.5. The minimum Gasteiger partial charge on any atom is -0.369 e. The highest BCUT2D eigenvalue weighted by Gasteiger charge is 2.25. The molecule has 0 radical (unpaired) electrons. The number of primary amides is 1. The number of rotatable bonds is 4. The summed E-state index contributed by atoms with van der Waals surface area (Å²) in [6, 6.07) is 3.47. The number of carbonyl (C=O) groups is 2. The Balaban J connectivity index is 1.90. The van der Waals surface area contributed by atoms with E-state index in [9.17, 15) is 9.59 Å². The maximum atomic E-state index is 12.1. The molecule has 5 N–H and O–H groups in total. The van der Waals surface area contributed by atoms with Crippen LogP contribution in [0.3, 0.4) is 0 Å². The van der Waals surface area contributed by atoms with Crippen LogP contribution in [0.2, 0.25) is 0 Å². The molecule has 108 valence electrons. The quantitative estimate of drug-likeness (QED) is 0.735. The van der Waals surface area contributed by atoms with Gasteiger partial charge in [-0.1, -0.05) is 0 Å². The summed E-state index contributed by atoms with van der Waals surface area (Å²) in [5, 5.41) is 2.99. The van der Waals surface area contributed by atoms with E-state index in [1.165, 1.54) is 0 Å². The zero-order valence-electron chi connectivity index (χ0n) is 11.3. The molecule has 0 aliphatic heterocycles. The maximum Gasteiger partial charge on any atom is 0.251 e. The molecule has 1 aliphatic rings. The van der Waals surface area contributed by atoms with Gasteiger partial charge in [-0.15, -0.1) is 0 Å². The number of aromatic nitrogens is 1. The Labute approximate surface area is 117 Å². The van der Waals surface area contributed by atoms with Crippen LogP contribution in [-0.4, -0.2) is 22.8 Å². The van der Waals surface area contributed by atoms with Crippen molar-refractivity contribution in [2.75, 3.05) is 0 Å². The van der Waals surface area contributed by atoms with E-state index in [1.807, 2.05) is 0 Å². The van der Waals surface area contributed by atoms with Crippen LogP contribution >= 0.6 is 0 Å². The van der Waals surface area contributed by atoms with Gasteiger partial charge in [0.25, 0.3) is 5.91 Å². The standard InChI is InChI=1S/C14H20N4O2/c15-8-12-7-10(5-6-17-12)14(20)18-11-3-1-9(2-4-11)13(16)19/h5-7,9,11H,1-4,8,15H2,(H2,16,19)(H,18,20). The van der Waals surface area contributed by atoms with Crippen molar-refractivity contribution in [3.63, 3.8) is 0 Å². The lowest BCUT2D eigenvalue weighted by atomic mass is 9.85. The van der Waals surface area contributed by atoms with Gasteiger partial charge in [0.15, 0.2) is 0 Å². The number of hydrogen-bond acceptors (Lipinski definition) is 4. The van der Waals surface area contributed by atoms with Crippen molar-refractivity contribution in [1.29, 1.82) is 0 Å². The number of nitrogens with two attached hydrogens (primary N) is 2. The fourth-order valence-corrected chi connectivity index (χ4v) is 2.52. The summed E-state index contributed by atoms with van der Waals surface area (Å²) in [5.41, 5.74) is 12.1. The Kier molecular flexibility index (Phi) is 4.68. The normalized spacial score (nSPS) is 22.2. The molecule has 20 heavy (non-hydrogen) atoms. The van der Waals surface area contributed by atoms with Crippen LogP contribution in [0.4, 0.5) is 0 Å². The van der Waals surface area contributed by atoms with Gasteiger partial charge in [-0.25, -0.2) is 0 Å². The minimum atomic E-state index is -0.239. The Morgan fingerprint density at radius 2 is 2.00 bits per heavy atom. The lowest BCUT2D eigenvalue weighted by Gasteiger charge is -2.27. The molecule has 1 aliphatic carbocycles. The van der Waals surface area contributed by atoms with E-state index in [1.54, 1.807) is 18.3 Å². The average molecular weight is 276 g/mol. The van der Waals surface area contributed by atoms with Gasteiger partial charge in [-0.2, -0.15) is 0 Å². The number of carbonyl (C=O) groups excluding carboxylic acids is 2. The van der Waals surface area contributed by atoms with Crippen LogP contribution in [0.25, 0.3) is 0 Å². The van der Waals surface area contributed by atoms with Gasteiger partial charge >= 0.3 is 0 Å². The fraction of sp³-hybridized carbons (Fsp3) is 0.500. The Morgan fingerprint density at radius 1 is 1.30 bits per heavy atom. The van der Waals surface area contributed by atoms with Gasteiger partial charge in [-0.3, -0.25) is 14.6 Å². The molecule has 1 aromatic heterocycles. The van der Waals surface area contributed by atoms with E-state index < -0.39 is 0 Å². The lowest BCUT2D eigenvalue weighted by Crippen LogP contribution is -2.39. The molecule has 0 bridgehead atoms. The van der Waals surface area contributed by atoms with Crippen LogP contribution < -0.4 is 16.8 Å². The van der Waals surface area contributed by atoms with Crippen LogP contribution in [-0.2, 0) is 11.3 Å². The molecule has 0 unspecified atom stereocenters. The fourth-order valence-electron chi connectivity index (χ4n) is 2.52. The molecule has 0 aromatic carbocycles. The van der Waals surface area contributed by atoms with Crippen molar-refractivity contribution in [2.24, 2.45) is 17.4 Å². The van der Waals surface area contributed by atoms with Gasteiger partial charge in [-0.05, 0) is 37.8 Å². The predicted molar refractivity (Wildman–Crippen MR) is 74.5 cm³/mol. The zero-order valence-corrected chi connectivity index (χ0v) is 11.3. The SMILES string of the molecule is NCc1cc(C(=O)NC2CCC(C(N)=O)CC2)ccn1. The molecule has 1 fully saturated rings. The highest BCUT2D eigenvalue weighted by molar-refractivity contribution is 5.94. The Morgan fingerprint density at radius 3 is 2.60 bits per heavy atom. The second-order valence-electron chi connectivity index (χ2n) is 5.16. The molecule has 6 nitrogen and oxygen atoms in total. The molecule has 0 spiro atoms. The number of amides is 2. The Hall–Kier alpha value is -1.95. The molecule has 2 amide bonds. The summed E-state index contributed by atoms with van der Waals surface area (Å²) in [6.45, 7) is 0.310. The minimum absolute atomic E-state index is 0.0482. The highest BCUT2D eigenvalue weighted by atomic mass is 16.2. The molecule has 1 aromatic rings. The third-order valence-electron chi connectivity index (χ3n) is 3.75. The molecule has 0 saturated heterocycles. The van der Waals surface area contributed by atoms with Crippen molar-refractivity contribution >= 4 is 11.8 Å². The monoisotopic (exact) mass is 276 g/mol. The number of pyridine rings is 1. The van der Waals surface area contributed by atoms with Gasteiger partial charge in [0.2, 0.25) is 5.91 Å². The summed E-state index contributed by atoms with van der Waals surface area (Å²) >= 11 is 0. The topological polar surface area (TPSA) is 111 Å². The van der Waals surface area contributed by atoms with Crippen molar-refractivity contribution < 1.29 is 9.59 Å². The molecule has 1 saturated carbocycles. The second-order valence-corrected chi connectivity index (χ2v) is 5.16. The first-order chi connectivity index (χ1) is 9.60. The number of nitrogens with zero attached hydrogens (tertiary/aromatic N) is 1. The van der Waals surface area contributed by atoms with Gasteiger partial charge < -0.3 is 16.8 Å². The van der Waals surface area contributed by atoms with Crippen LogP contribution in [0.1, 0.15) is 41.7 Å². The van der Waals surface area contributed by atoms with Crippen LogP contribution in [0.15, 0.2) is 18.3 Å². The van der Waals surface area contributed by atoms with E-state index >= 15 is 0 Å². The highest BCUT2D eigenvalue weighted by Crippen LogP contribution is 2.24. The molecule has 2 rings (SSSR count). The van der Waals surface area contributed by atoms with Gasteiger partial charge in [0.05, 0.1) is 5.69 Å². The van der Waals surface area contributed by atoms with Crippen molar-refractivity contribution in [2.45, 2.75) is 38.3 Å². The smallest absolute Gasteiger partial charge is 0.251 e. The predicted octanol–water partition coefficient (Wildman–Crippen LogP) is 0.314. The third-order valence-corrected chi connectivity index (χ3v) is 3.75. The molecule has 0 atom stereocenters. The first-order valence-corrected chi connectivity index (χ1v) is 6.85. The second kappa shape index (κ2) is 6.47. The van der Waals surface area contributed by atoms with Gasteiger partial charge in [0, 0.05) is 30.3 Å². The molecule has 1 heterocycles. The van der Waals surface area contributed by atoms with Crippen molar-refractivity contribution in [3.05, 3.63) is 29.6 Å². The van der Waals surface area contributed by atoms with E-state index in [2.05, 4.69) is 10.3 Å². The largest absolute Gasteiger partial charge is 0.369 e. The summed E-state index contributed by atoms with van der Waals surface area (Å²) in [6.07, 6.45) is 4.64. The molecular weight excluding hydrogens is 256 g/mol. The van der Waals surface area contributed by atoms with Crippen LogP contribution in [0, 0.1) is 5.92 Å². The van der Waals surface area contributed by atoms with E-state index in [0.717, 1.165) is 25.7 Å². The first-order valence-electron chi connectivity index (χ1n) is 6.85.